The lowest BCUT2D eigenvalue weighted by Crippen LogP contribution is -1.90. The molecule has 0 radical (unpaired) electrons. The van der Waals surface area contributed by atoms with E-state index in [-0.39, 0.29) is 0 Å². The Bertz CT molecular complexity index is 578. The smallest absolute Gasteiger partial charge is 0.00256 e. The molecule has 82 valence electrons. The standard InChI is InChI=1S/C17H14/c1-2-6-14-10-11-16-8-4-5-9-17(16)13-15(12-14)7-3-1/h1-11,13H,12H2/b2-1-,3-1?,6-2?,7-3-,11-10-,14-6-,14-10?,15-7?,15-13-,16-11?,17-13?. The first-order valence-corrected chi connectivity index (χ1v) is 5.93. The van der Waals surface area contributed by atoms with Crippen LogP contribution < -0.4 is 0 Å². The van der Waals surface area contributed by atoms with Crippen molar-refractivity contribution in [1.82, 2.24) is 0 Å². The van der Waals surface area contributed by atoms with Gasteiger partial charge < -0.3 is 0 Å². The van der Waals surface area contributed by atoms with Gasteiger partial charge in [-0.05, 0) is 28.7 Å². The Morgan fingerprint density at radius 2 is 1.59 bits per heavy atom. The maximum Gasteiger partial charge on any atom is -0.00256 e. The summed E-state index contributed by atoms with van der Waals surface area (Å²) in [5.41, 5.74) is 5.30. The van der Waals surface area contributed by atoms with Crippen molar-refractivity contribution >= 4 is 12.2 Å². The number of hydrogen-bond acceptors (Lipinski definition) is 0. The molecule has 0 atom stereocenters. The molecular formula is C17H14. The molecular weight excluding hydrogens is 204 g/mol. The molecule has 0 aliphatic heterocycles. The highest BCUT2D eigenvalue weighted by atomic mass is 14.1. The van der Waals surface area contributed by atoms with Crippen LogP contribution in [-0.2, 0) is 0 Å². The van der Waals surface area contributed by atoms with Gasteiger partial charge in [0.2, 0.25) is 0 Å². The van der Waals surface area contributed by atoms with Crippen LogP contribution in [0.15, 0.2) is 71.9 Å². The predicted molar refractivity (Wildman–Crippen MR) is 74.4 cm³/mol. The molecule has 0 saturated carbocycles. The van der Waals surface area contributed by atoms with Gasteiger partial charge in [0.05, 0.1) is 0 Å². The molecule has 2 bridgehead atoms. The third kappa shape index (κ3) is 2.21. The first-order valence-electron chi connectivity index (χ1n) is 5.93. The average molecular weight is 218 g/mol. The third-order valence-electron chi connectivity index (χ3n) is 3.06. The molecule has 3 rings (SSSR count). The quantitative estimate of drug-likeness (QED) is 0.599. The molecule has 0 unspecified atom stereocenters. The normalized spacial score (nSPS) is 28.9. The van der Waals surface area contributed by atoms with Gasteiger partial charge >= 0.3 is 0 Å². The molecule has 17 heavy (non-hydrogen) atoms. The summed E-state index contributed by atoms with van der Waals surface area (Å²) in [7, 11) is 0. The summed E-state index contributed by atoms with van der Waals surface area (Å²) in [4.78, 5) is 0. The predicted octanol–water partition coefficient (Wildman–Crippen LogP) is 4.54. The van der Waals surface area contributed by atoms with Gasteiger partial charge in [0.1, 0.15) is 0 Å². The van der Waals surface area contributed by atoms with Crippen LogP contribution in [0, 0.1) is 0 Å². The van der Waals surface area contributed by atoms with Crippen molar-refractivity contribution in [3.05, 3.63) is 83.0 Å². The highest BCUT2D eigenvalue weighted by molar-refractivity contribution is 5.71. The summed E-state index contributed by atoms with van der Waals surface area (Å²) in [6.07, 6.45) is 18.4. The molecule has 0 nitrogen and oxygen atoms in total. The zero-order chi connectivity index (χ0) is 11.5. The Balaban J connectivity index is 2.18. The summed E-state index contributed by atoms with van der Waals surface area (Å²) in [5.74, 6) is 0. The fourth-order valence-corrected chi connectivity index (χ4v) is 2.18. The fourth-order valence-electron chi connectivity index (χ4n) is 2.18. The van der Waals surface area contributed by atoms with Gasteiger partial charge in [0.25, 0.3) is 0 Å². The first-order chi connectivity index (χ1) is 8.42. The summed E-state index contributed by atoms with van der Waals surface area (Å²) in [6.45, 7) is 0. The second kappa shape index (κ2) is 4.42. The number of fused-ring (bicyclic) bond motifs is 3. The largest absolute Gasteiger partial charge is 0.0622 e. The summed E-state index contributed by atoms with van der Waals surface area (Å²) < 4.78 is 0. The molecule has 0 aromatic heterocycles. The molecule has 1 aromatic rings. The molecule has 0 N–H and O–H groups in total. The SMILES string of the molecule is C1=C\C=C2\C=C/c3ccccc3\C=C(\C=C/1)C2. The van der Waals surface area contributed by atoms with Gasteiger partial charge in [-0.15, -0.1) is 0 Å². The van der Waals surface area contributed by atoms with E-state index in [1.165, 1.54) is 22.3 Å². The number of hydrogen-bond donors (Lipinski definition) is 0. The lowest BCUT2D eigenvalue weighted by molar-refractivity contribution is 1.21. The van der Waals surface area contributed by atoms with Crippen molar-refractivity contribution in [3.8, 4) is 0 Å². The van der Waals surface area contributed by atoms with E-state index in [9.17, 15) is 0 Å². The Hall–Kier alpha value is -2.08. The van der Waals surface area contributed by atoms with Crippen LogP contribution in [0.25, 0.3) is 12.2 Å². The van der Waals surface area contributed by atoms with Crippen LogP contribution >= 0.6 is 0 Å². The van der Waals surface area contributed by atoms with Crippen molar-refractivity contribution in [2.24, 2.45) is 0 Å². The van der Waals surface area contributed by atoms with Crippen molar-refractivity contribution < 1.29 is 0 Å². The van der Waals surface area contributed by atoms with Gasteiger partial charge in [0.15, 0.2) is 0 Å². The topological polar surface area (TPSA) is 0 Å². The van der Waals surface area contributed by atoms with E-state index in [1.54, 1.807) is 0 Å². The Labute approximate surface area is 102 Å². The van der Waals surface area contributed by atoms with Crippen LogP contribution in [0.1, 0.15) is 17.5 Å². The lowest BCUT2D eigenvalue weighted by atomic mass is 9.94. The molecule has 0 fully saturated rings. The van der Waals surface area contributed by atoms with Crippen molar-refractivity contribution in [2.45, 2.75) is 6.42 Å². The Kier molecular flexibility index (Phi) is 2.63. The van der Waals surface area contributed by atoms with E-state index in [0.717, 1.165) is 6.42 Å². The monoisotopic (exact) mass is 218 g/mol. The maximum atomic E-state index is 2.28. The van der Waals surface area contributed by atoms with Gasteiger partial charge in [-0.1, -0.05) is 72.9 Å². The van der Waals surface area contributed by atoms with E-state index in [1.807, 2.05) is 0 Å². The number of benzene rings is 1. The van der Waals surface area contributed by atoms with E-state index >= 15 is 0 Å². The molecule has 0 heterocycles. The van der Waals surface area contributed by atoms with Crippen LogP contribution in [0.3, 0.4) is 0 Å². The van der Waals surface area contributed by atoms with E-state index in [4.69, 9.17) is 0 Å². The molecule has 2 aliphatic carbocycles. The second-order valence-electron chi connectivity index (χ2n) is 4.34. The van der Waals surface area contributed by atoms with E-state index < -0.39 is 0 Å². The lowest BCUT2D eigenvalue weighted by Gasteiger charge is -2.11. The number of rotatable bonds is 0. The van der Waals surface area contributed by atoms with Crippen LogP contribution in [0.4, 0.5) is 0 Å². The third-order valence-corrected chi connectivity index (χ3v) is 3.06. The van der Waals surface area contributed by atoms with Gasteiger partial charge in [-0.3, -0.25) is 0 Å². The summed E-state index contributed by atoms with van der Waals surface area (Å²) >= 11 is 0. The zero-order valence-corrected chi connectivity index (χ0v) is 9.64. The Morgan fingerprint density at radius 3 is 2.53 bits per heavy atom. The molecule has 0 heteroatoms. The highest BCUT2D eigenvalue weighted by Crippen LogP contribution is 2.25. The second-order valence-corrected chi connectivity index (χ2v) is 4.34. The van der Waals surface area contributed by atoms with Crippen molar-refractivity contribution in [2.75, 3.05) is 0 Å². The van der Waals surface area contributed by atoms with Crippen molar-refractivity contribution in [1.29, 1.82) is 0 Å². The minimum atomic E-state index is 1.01. The van der Waals surface area contributed by atoms with Gasteiger partial charge in [-0.25, -0.2) is 0 Å². The summed E-state index contributed by atoms with van der Waals surface area (Å²) in [5, 5.41) is 0. The van der Waals surface area contributed by atoms with E-state index in [0.29, 0.717) is 0 Å². The zero-order valence-electron chi connectivity index (χ0n) is 9.64. The highest BCUT2D eigenvalue weighted by Gasteiger charge is 2.04. The minimum absolute atomic E-state index is 1.01. The van der Waals surface area contributed by atoms with Crippen LogP contribution in [0.2, 0.25) is 0 Å². The maximum absolute atomic E-state index is 2.28. The fraction of sp³-hybridized carbons (Fsp3) is 0.0588. The molecule has 2 aliphatic rings. The molecule has 0 spiro atoms. The van der Waals surface area contributed by atoms with Gasteiger partial charge in [-0.2, -0.15) is 0 Å². The van der Waals surface area contributed by atoms with Crippen molar-refractivity contribution in [3.63, 3.8) is 0 Å². The summed E-state index contributed by atoms with van der Waals surface area (Å²) in [6, 6.07) is 8.51. The molecule has 0 amide bonds. The molecule has 0 saturated heterocycles. The first kappa shape index (κ1) is 10.1. The molecule has 1 aromatic carbocycles. The number of allylic oxidation sites excluding steroid dienone is 8. The minimum Gasteiger partial charge on any atom is -0.0622 e. The van der Waals surface area contributed by atoms with E-state index in [2.05, 4.69) is 72.9 Å². The van der Waals surface area contributed by atoms with Gasteiger partial charge in [0, 0.05) is 0 Å². The van der Waals surface area contributed by atoms with Crippen LogP contribution in [-0.4, -0.2) is 0 Å². The average Bonchev–Trinajstić information content (AvgIpc) is 2.28. The van der Waals surface area contributed by atoms with Crippen LogP contribution in [0.5, 0.6) is 0 Å². The Morgan fingerprint density at radius 1 is 0.706 bits per heavy atom.